The molecule has 0 bridgehead atoms. The standard InChI is InChI=1S/C34H42O4.C33H40O4/c1-8-33(36,9-2)21-20-26-12-15-28(22-24(26)5)34(10-3,11-4)29-16-19-31(25(6)23-29)38-30-17-13-27(14-18-30)32(35)37-7;1-7-32(36,8-2)20-19-25-11-14-27(21-23(25)5)33(9-3,10-4)28-15-18-30(24(6)22-28)37-29-16-12-26(13-17-29)31(34)35/h12-23,36H,8-11H2,1-7H3;11-22,36H,7-10H2,1-6H3,(H,34,35)/b21-20+;20-19+. The lowest BCUT2D eigenvalue weighted by Gasteiger charge is -2.34. The zero-order chi connectivity index (χ0) is 55.1. The molecule has 0 saturated carbocycles. The second-order valence-corrected chi connectivity index (χ2v) is 20.0. The van der Waals surface area contributed by atoms with Crippen LogP contribution in [0.4, 0.5) is 0 Å². The third kappa shape index (κ3) is 14.0. The van der Waals surface area contributed by atoms with Crippen molar-refractivity contribution in [2.75, 3.05) is 7.11 Å². The molecule has 0 aliphatic carbocycles. The molecule has 8 nitrogen and oxygen atoms in total. The van der Waals surface area contributed by atoms with E-state index < -0.39 is 17.2 Å². The van der Waals surface area contributed by atoms with Gasteiger partial charge in [-0.2, -0.15) is 0 Å². The van der Waals surface area contributed by atoms with Gasteiger partial charge in [-0.05, 0) is 195 Å². The molecule has 0 atom stereocenters. The highest BCUT2D eigenvalue weighted by Gasteiger charge is 2.33. The average Bonchev–Trinajstić information content (AvgIpc) is 3.42. The van der Waals surface area contributed by atoms with Gasteiger partial charge >= 0.3 is 11.9 Å². The summed E-state index contributed by atoms with van der Waals surface area (Å²) in [5.41, 5.74) is 10.8. The predicted octanol–water partition coefficient (Wildman–Crippen LogP) is 17.0. The quantitative estimate of drug-likeness (QED) is 0.0575. The summed E-state index contributed by atoms with van der Waals surface area (Å²) in [4.78, 5) is 22.8. The van der Waals surface area contributed by atoms with Crippen molar-refractivity contribution in [1.82, 2.24) is 0 Å². The minimum atomic E-state index is -0.953. The third-order valence-corrected chi connectivity index (χ3v) is 15.9. The topological polar surface area (TPSA) is 123 Å². The molecular weight excluding hydrogens is 933 g/mol. The molecule has 6 aromatic rings. The monoisotopic (exact) mass is 1010 g/mol. The van der Waals surface area contributed by atoms with Crippen LogP contribution in [0.3, 0.4) is 0 Å². The smallest absolute Gasteiger partial charge is 0.337 e. The van der Waals surface area contributed by atoms with Crippen LogP contribution in [0.2, 0.25) is 0 Å². The Balaban J connectivity index is 0.000000277. The molecule has 6 rings (SSSR count). The van der Waals surface area contributed by atoms with Crippen LogP contribution in [-0.4, -0.2) is 45.6 Å². The molecule has 0 fully saturated rings. The average molecular weight is 1020 g/mol. The number of aromatic carboxylic acids is 1. The normalized spacial score (nSPS) is 12.1. The first-order chi connectivity index (χ1) is 35.8. The number of ether oxygens (including phenoxy) is 3. The van der Waals surface area contributed by atoms with Crippen molar-refractivity contribution < 1.29 is 39.1 Å². The highest BCUT2D eigenvalue weighted by atomic mass is 16.5. The van der Waals surface area contributed by atoms with E-state index in [9.17, 15) is 19.8 Å². The van der Waals surface area contributed by atoms with Crippen molar-refractivity contribution in [2.24, 2.45) is 0 Å². The summed E-state index contributed by atoms with van der Waals surface area (Å²) < 4.78 is 17.0. The number of benzene rings is 6. The number of carboxylic acid groups (broad SMARTS) is 1. The summed E-state index contributed by atoms with van der Waals surface area (Å²) in [6, 6.07) is 39.6. The third-order valence-electron chi connectivity index (χ3n) is 15.9. The molecule has 398 valence electrons. The molecule has 3 N–H and O–H groups in total. The number of carbonyl (C=O) groups is 2. The largest absolute Gasteiger partial charge is 0.478 e. The minimum Gasteiger partial charge on any atom is -0.478 e. The van der Waals surface area contributed by atoms with Gasteiger partial charge in [0.2, 0.25) is 0 Å². The molecule has 0 spiro atoms. The second-order valence-electron chi connectivity index (χ2n) is 20.0. The summed E-state index contributed by atoms with van der Waals surface area (Å²) in [5.74, 6) is 1.50. The Morgan fingerprint density at radius 1 is 0.440 bits per heavy atom. The molecule has 8 heteroatoms. The molecule has 6 aromatic carbocycles. The summed E-state index contributed by atoms with van der Waals surface area (Å²) in [6.45, 7) is 25.4. The van der Waals surface area contributed by atoms with E-state index in [0.29, 0.717) is 42.7 Å². The number of aliphatic hydroxyl groups is 2. The number of carboxylic acids is 1. The predicted molar refractivity (Wildman–Crippen MR) is 308 cm³/mol. The summed E-state index contributed by atoms with van der Waals surface area (Å²) in [7, 11) is 1.37. The summed E-state index contributed by atoms with van der Waals surface area (Å²) >= 11 is 0. The van der Waals surface area contributed by atoms with Gasteiger partial charge in [0, 0.05) is 10.8 Å². The van der Waals surface area contributed by atoms with Gasteiger partial charge in [-0.1, -0.05) is 140 Å². The maximum Gasteiger partial charge on any atom is 0.337 e. The summed E-state index contributed by atoms with van der Waals surface area (Å²) in [6.07, 6.45) is 14.6. The number of hydrogen-bond donors (Lipinski definition) is 3. The number of hydrogen-bond acceptors (Lipinski definition) is 7. The van der Waals surface area contributed by atoms with Crippen LogP contribution in [-0.2, 0) is 15.6 Å². The first-order valence-electron chi connectivity index (χ1n) is 26.9. The molecule has 0 amide bonds. The van der Waals surface area contributed by atoms with E-state index in [1.54, 1.807) is 48.5 Å². The number of carbonyl (C=O) groups excluding carboxylic acids is 1. The van der Waals surface area contributed by atoms with Crippen LogP contribution in [0.15, 0.2) is 133 Å². The number of rotatable bonds is 22. The van der Waals surface area contributed by atoms with Crippen molar-refractivity contribution >= 4 is 24.1 Å². The van der Waals surface area contributed by atoms with E-state index in [2.05, 4.69) is 115 Å². The highest BCUT2D eigenvalue weighted by Crippen LogP contribution is 2.43. The molecule has 0 radical (unpaired) electrons. The molecule has 0 aliphatic heterocycles. The molecular formula is C67H82O8. The van der Waals surface area contributed by atoms with Gasteiger partial charge in [-0.3, -0.25) is 0 Å². The second kappa shape index (κ2) is 26.2. The zero-order valence-corrected chi connectivity index (χ0v) is 46.9. The maximum atomic E-state index is 11.7. The number of methoxy groups -OCH3 is 1. The van der Waals surface area contributed by atoms with E-state index >= 15 is 0 Å². The lowest BCUT2D eigenvalue weighted by molar-refractivity contribution is 0.0599. The van der Waals surface area contributed by atoms with Gasteiger partial charge in [0.05, 0.1) is 29.4 Å². The fourth-order valence-corrected chi connectivity index (χ4v) is 10.1. The Labute approximate surface area is 448 Å². The Bertz CT molecular complexity index is 2910. The highest BCUT2D eigenvalue weighted by molar-refractivity contribution is 5.89. The van der Waals surface area contributed by atoms with Crippen molar-refractivity contribution in [3.63, 3.8) is 0 Å². The van der Waals surface area contributed by atoms with Gasteiger partial charge in [-0.15, -0.1) is 0 Å². The number of aryl methyl sites for hydroxylation is 4. The van der Waals surface area contributed by atoms with Gasteiger partial charge in [-0.25, -0.2) is 9.59 Å². The zero-order valence-electron chi connectivity index (χ0n) is 46.9. The van der Waals surface area contributed by atoms with Crippen LogP contribution in [0.1, 0.15) is 183 Å². The van der Waals surface area contributed by atoms with E-state index in [0.717, 1.165) is 59.4 Å². The molecule has 0 aliphatic rings. The fourth-order valence-electron chi connectivity index (χ4n) is 10.1. The molecule has 0 heterocycles. The van der Waals surface area contributed by atoms with Crippen molar-refractivity contribution in [1.29, 1.82) is 0 Å². The number of esters is 1. The van der Waals surface area contributed by atoms with Crippen molar-refractivity contribution in [2.45, 2.75) is 156 Å². The SMILES string of the molecule is CCC(O)(/C=C/c1ccc(C(CC)(CC)c2ccc(Oc3ccc(C(=O)O)cc3)c(C)c2)cc1C)CC.CCC(O)(/C=C/c1ccc(C(CC)(CC)c2ccc(Oc3ccc(C(=O)OC)cc3)c(C)c2)cc1C)CC. The summed E-state index contributed by atoms with van der Waals surface area (Å²) in [5, 5.41) is 30.4. The van der Waals surface area contributed by atoms with Crippen molar-refractivity contribution in [3.05, 3.63) is 200 Å². The molecule has 0 aromatic heterocycles. The molecule has 0 saturated heterocycles. The van der Waals surface area contributed by atoms with Crippen LogP contribution in [0.5, 0.6) is 23.0 Å². The lowest BCUT2D eigenvalue weighted by Crippen LogP contribution is -2.26. The van der Waals surface area contributed by atoms with Gasteiger partial charge in [0.25, 0.3) is 0 Å². The first-order valence-corrected chi connectivity index (χ1v) is 26.9. The van der Waals surface area contributed by atoms with Crippen LogP contribution in [0, 0.1) is 27.7 Å². The fraction of sp³-hybridized carbons (Fsp3) is 0.373. The minimum absolute atomic E-state index is 0.119. The molecule has 0 unspecified atom stereocenters. The van der Waals surface area contributed by atoms with Crippen molar-refractivity contribution in [3.8, 4) is 23.0 Å². The first kappa shape index (κ1) is 59.1. The Kier molecular flexibility index (Phi) is 20.6. The van der Waals surface area contributed by atoms with Gasteiger partial charge < -0.3 is 29.5 Å². The Morgan fingerprint density at radius 2 is 0.760 bits per heavy atom. The van der Waals surface area contributed by atoms with Crippen LogP contribution in [0.25, 0.3) is 12.2 Å². The molecule has 75 heavy (non-hydrogen) atoms. The van der Waals surface area contributed by atoms with Gasteiger partial charge in [0.1, 0.15) is 23.0 Å². The van der Waals surface area contributed by atoms with E-state index in [4.69, 9.17) is 19.3 Å². The lowest BCUT2D eigenvalue weighted by atomic mass is 9.70. The van der Waals surface area contributed by atoms with E-state index in [1.807, 2.05) is 65.0 Å². The van der Waals surface area contributed by atoms with Gasteiger partial charge in [0.15, 0.2) is 0 Å². The Hall–Kier alpha value is -6.74. The Morgan fingerprint density at radius 3 is 1.04 bits per heavy atom. The van der Waals surface area contributed by atoms with Crippen LogP contribution >= 0.6 is 0 Å². The van der Waals surface area contributed by atoms with E-state index in [1.165, 1.54) is 40.5 Å². The maximum absolute atomic E-state index is 11.7. The van der Waals surface area contributed by atoms with E-state index in [-0.39, 0.29) is 22.4 Å². The van der Waals surface area contributed by atoms with Crippen LogP contribution < -0.4 is 9.47 Å².